The summed E-state index contributed by atoms with van der Waals surface area (Å²) < 4.78 is 6.31. The van der Waals surface area contributed by atoms with Gasteiger partial charge in [-0.25, -0.2) is 0 Å². The molecule has 2 heterocycles. The summed E-state index contributed by atoms with van der Waals surface area (Å²) in [6.45, 7) is 6.03. The number of phenols is 1. The molecule has 130 valence electrons. The van der Waals surface area contributed by atoms with Crippen molar-refractivity contribution in [1.82, 2.24) is 5.16 Å². The van der Waals surface area contributed by atoms with Crippen LogP contribution in [-0.2, 0) is 4.79 Å². The first-order chi connectivity index (χ1) is 11.8. The van der Waals surface area contributed by atoms with Gasteiger partial charge in [-0.2, -0.15) is 0 Å². The second-order valence-corrected chi connectivity index (χ2v) is 8.52. The van der Waals surface area contributed by atoms with Gasteiger partial charge in [-0.15, -0.1) is 0 Å². The van der Waals surface area contributed by atoms with Gasteiger partial charge < -0.3 is 14.9 Å². The molecule has 0 spiro atoms. The molecule has 2 N–H and O–H groups in total. The fourth-order valence-corrected chi connectivity index (χ4v) is 4.32. The standard InChI is InChI=1S/C19H19BrN2O3/c1-9-15-16(11-6-10(20)4-5-13(11)23)17-12(21-18(15)25-22-9)7-19(2,3)8-14(17)24/h4-6,16,21,23H,7-8H2,1-3H3/t16-/m0/s1. The number of phenolic OH excluding ortho intramolecular Hbond substituents is 1. The summed E-state index contributed by atoms with van der Waals surface area (Å²) in [5.41, 5.74) is 3.69. The minimum Gasteiger partial charge on any atom is -0.508 e. The van der Waals surface area contributed by atoms with Gasteiger partial charge in [0.25, 0.3) is 0 Å². The number of allylic oxidation sites excluding steroid dienone is 2. The Morgan fingerprint density at radius 2 is 2.12 bits per heavy atom. The van der Waals surface area contributed by atoms with Crippen LogP contribution in [0.25, 0.3) is 0 Å². The first kappa shape index (κ1) is 16.4. The molecular formula is C19H19BrN2O3. The number of fused-ring (bicyclic) bond motifs is 1. The van der Waals surface area contributed by atoms with Crippen molar-refractivity contribution in [2.75, 3.05) is 5.32 Å². The Morgan fingerprint density at radius 1 is 1.36 bits per heavy atom. The van der Waals surface area contributed by atoms with E-state index in [1.165, 1.54) is 0 Å². The van der Waals surface area contributed by atoms with E-state index in [1.807, 2.05) is 13.0 Å². The molecule has 0 fully saturated rings. The van der Waals surface area contributed by atoms with Crippen LogP contribution in [0.15, 0.2) is 38.5 Å². The Morgan fingerprint density at radius 3 is 2.88 bits per heavy atom. The van der Waals surface area contributed by atoms with E-state index in [9.17, 15) is 9.90 Å². The maximum Gasteiger partial charge on any atom is 0.233 e. The van der Waals surface area contributed by atoms with Crippen LogP contribution in [-0.4, -0.2) is 16.0 Å². The molecular weight excluding hydrogens is 384 g/mol. The van der Waals surface area contributed by atoms with E-state index in [4.69, 9.17) is 4.52 Å². The third-order valence-corrected chi connectivity index (χ3v) is 5.46. The molecule has 0 amide bonds. The maximum absolute atomic E-state index is 13.0. The molecule has 0 radical (unpaired) electrons. The van der Waals surface area contributed by atoms with E-state index in [2.05, 4.69) is 40.3 Å². The second kappa shape index (κ2) is 5.46. The predicted octanol–water partition coefficient (Wildman–Crippen LogP) is 4.65. The van der Waals surface area contributed by atoms with E-state index < -0.39 is 0 Å². The average Bonchev–Trinajstić information content (AvgIpc) is 2.87. The molecule has 1 aromatic heterocycles. The SMILES string of the molecule is Cc1noc2c1[C@H](c1cc(Br)ccc1O)C1=C(CC(C)(C)CC1=O)N2. The first-order valence-electron chi connectivity index (χ1n) is 8.25. The normalized spacial score (nSPS) is 21.6. The van der Waals surface area contributed by atoms with Crippen LogP contribution in [0.1, 0.15) is 49.4 Å². The lowest BCUT2D eigenvalue weighted by Crippen LogP contribution is -2.33. The van der Waals surface area contributed by atoms with Gasteiger partial charge >= 0.3 is 0 Å². The third kappa shape index (κ3) is 2.59. The fourth-order valence-electron chi connectivity index (χ4n) is 3.94. The van der Waals surface area contributed by atoms with Crippen molar-refractivity contribution in [3.8, 4) is 5.75 Å². The number of aryl methyl sites for hydroxylation is 1. The van der Waals surface area contributed by atoms with Crippen LogP contribution < -0.4 is 5.32 Å². The van der Waals surface area contributed by atoms with Crippen molar-refractivity contribution in [3.63, 3.8) is 0 Å². The Hall–Kier alpha value is -2.08. The largest absolute Gasteiger partial charge is 0.508 e. The quantitative estimate of drug-likeness (QED) is 0.725. The number of nitrogens with one attached hydrogen (secondary N) is 1. The predicted molar refractivity (Wildman–Crippen MR) is 97.6 cm³/mol. The summed E-state index contributed by atoms with van der Waals surface area (Å²) in [4.78, 5) is 13.0. The number of ketones is 1. The summed E-state index contributed by atoms with van der Waals surface area (Å²) in [7, 11) is 0. The van der Waals surface area contributed by atoms with Crippen LogP contribution in [0.5, 0.6) is 5.75 Å². The van der Waals surface area contributed by atoms with E-state index in [-0.39, 0.29) is 22.9 Å². The molecule has 1 atom stereocenters. The number of anilines is 1. The highest BCUT2D eigenvalue weighted by atomic mass is 79.9. The summed E-state index contributed by atoms with van der Waals surface area (Å²) in [6, 6.07) is 5.28. The number of nitrogens with zero attached hydrogens (tertiary/aromatic N) is 1. The Balaban J connectivity index is 1.98. The highest BCUT2D eigenvalue weighted by Crippen LogP contribution is 2.51. The van der Waals surface area contributed by atoms with E-state index in [1.54, 1.807) is 12.1 Å². The number of carbonyl (C=O) groups is 1. The fraction of sp³-hybridized carbons (Fsp3) is 0.368. The molecule has 4 rings (SSSR count). The minimum absolute atomic E-state index is 0.106. The molecule has 0 unspecified atom stereocenters. The number of hydrogen-bond donors (Lipinski definition) is 2. The van der Waals surface area contributed by atoms with Crippen LogP contribution in [0.4, 0.5) is 5.88 Å². The van der Waals surface area contributed by atoms with Crippen molar-refractivity contribution in [3.05, 3.63) is 50.8 Å². The summed E-state index contributed by atoms with van der Waals surface area (Å²) >= 11 is 3.47. The van der Waals surface area contributed by atoms with Gasteiger partial charge in [-0.3, -0.25) is 4.79 Å². The Kier molecular flexibility index (Phi) is 3.58. The average molecular weight is 403 g/mol. The monoisotopic (exact) mass is 402 g/mol. The summed E-state index contributed by atoms with van der Waals surface area (Å²) in [5.74, 6) is 0.449. The summed E-state index contributed by atoms with van der Waals surface area (Å²) in [6.07, 6.45) is 1.23. The molecule has 1 aromatic carbocycles. The molecule has 1 aliphatic heterocycles. The molecule has 1 aliphatic carbocycles. The smallest absolute Gasteiger partial charge is 0.233 e. The number of rotatable bonds is 1. The van der Waals surface area contributed by atoms with Gasteiger partial charge in [-0.05, 0) is 37.0 Å². The molecule has 0 bridgehead atoms. The highest BCUT2D eigenvalue weighted by molar-refractivity contribution is 9.10. The lowest BCUT2D eigenvalue weighted by Gasteiger charge is -2.37. The third-order valence-electron chi connectivity index (χ3n) is 4.97. The van der Waals surface area contributed by atoms with Gasteiger partial charge in [-0.1, -0.05) is 34.9 Å². The number of benzene rings is 1. The number of halogens is 1. The molecule has 2 aromatic rings. The molecule has 2 aliphatic rings. The van der Waals surface area contributed by atoms with Crippen LogP contribution in [0.3, 0.4) is 0 Å². The lowest BCUT2D eigenvalue weighted by molar-refractivity contribution is -0.118. The van der Waals surface area contributed by atoms with Gasteiger partial charge in [0.1, 0.15) is 5.75 Å². The van der Waals surface area contributed by atoms with E-state index in [0.717, 1.165) is 27.8 Å². The van der Waals surface area contributed by atoms with Gasteiger partial charge in [0.2, 0.25) is 5.88 Å². The van der Waals surface area contributed by atoms with Gasteiger partial charge in [0, 0.05) is 27.7 Å². The van der Waals surface area contributed by atoms with Gasteiger partial charge in [0.05, 0.1) is 17.2 Å². The number of carbonyl (C=O) groups excluding carboxylic acids is 1. The lowest BCUT2D eigenvalue weighted by atomic mass is 9.69. The first-order valence-corrected chi connectivity index (χ1v) is 9.04. The zero-order valence-electron chi connectivity index (χ0n) is 14.3. The second-order valence-electron chi connectivity index (χ2n) is 7.61. The number of hydrogen-bond acceptors (Lipinski definition) is 5. The van der Waals surface area contributed by atoms with E-state index in [0.29, 0.717) is 23.4 Å². The van der Waals surface area contributed by atoms with E-state index >= 15 is 0 Å². The zero-order chi connectivity index (χ0) is 17.9. The van der Waals surface area contributed by atoms with Crippen molar-refractivity contribution in [2.24, 2.45) is 5.41 Å². The molecule has 6 heteroatoms. The highest BCUT2D eigenvalue weighted by Gasteiger charge is 2.43. The Labute approximate surface area is 154 Å². The van der Waals surface area contributed by atoms with Crippen molar-refractivity contribution >= 4 is 27.6 Å². The van der Waals surface area contributed by atoms with Crippen LogP contribution in [0, 0.1) is 12.3 Å². The zero-order valence-corrected chi connectivity index (χ0v) is 15.9. The topological polar surface area (TPSA) is 75.4 Å². The van der Waals surface area contributed by atoms with Crippen LogP contribution >= 0.6 is 15.9 Å². The van der Waals surface area contributed by atoms with Crippen molar-refractivity contribution < 1.29 is 14.4 Å². The molecule has 0 saturated carbocycles. The maximum atomic E-state index is 13.0. The number of aromatic hydroxyl groups is 1. The minimum atomic E-state index is -0.376. The number of Topliss-reactive ketones (excluding diaryl/α,β-unsaturated/α-hetero) is 1. The van der Waals surface area contributed by atoms with Crippen LogP contribution in [0.2, 0.25) is 0 Å². The molecule has 5 nitrogen and oxygen atoms in total. The summed E-state index contributed by atoms with van der Waals surface area (Å²) in [5, 5.41) is 17.8. The Bertz CT molecular complexity index is 927. The van der Waals surface area contributed by atoms with Gasteiger partial charge in [0.15, 0.2) is 5.78 Å². The molecule has 25 heavy (non-hydrogen) atoms. The van der Waals surface area contributed by atoms with Crippen molar-refractivity contribution in [2.45, 2.75) is 39.5 Å². The number of aromatic nitrogens is 1. The van der Waals surface area contributed by atoms with Crippen molar-refractivity contribution in [1.29, 1.82) is 0 Å². The molecule has 0 saturated heterocycles.